The number of carbonyl (C=O) groups excluding carboxylic acids is 2. The molecule has 28 heavy (non-hydrogen) atoms. The van der Waals surface area contributed by atoms with Gasteiger partial charge in [-0.25, -0.2) is 0 Å². The van der Waals surface area contributed by atoms with Crippen molar-refractivity contribution in [2.24, 2.45) is 0 Å². The molecule has 2 aromatic carbocycles. The van der Waals surface area contributed by atoms with Crippen molar-refractivity contribution in [3.05, 3.63) is 95.4 Å². The van der Waals surface area contributed by atoms with Crippen molar-refractivity contribution >= 4 is 23.0 Å². The van der Waals surface area contributed by atoms with Crippen molar-refractivity contribution in [2.75, 3.05) is 12.4 Å². The monoisotopic (exact) mass is 371 g/mol. The van der Waals surface area contributed by atoms with Crippen molar-refractivity contribution < 1.29 is 18.9 Å². The lowest BCUT2D eigenvalue weighted by Crippen LogP contribution is -2.42. The first-order valence-corrected chi connectivity index (χ1v) is 8.91. The molecule has 0 amide bonds. The third-order valence-electron chi connectivity index (χ3n) is 4.72. The predicted octanol–water partition coefficient (Wildman–Crippen LogP) is 3.65. The largest absolute Gasteiger partial charge is 0.495 e. The molecule has 0 radical (unpaired) electrons. The number of allylic oxidation sites excluding steroid dienone is 2. The van der Waals surface area contributed by atoms with Crippen LogP contribution in [0.3, 0.4) is 0 Å². The van der Waals surface area contributed by atoms with E-state index in [0.29, 0.717) is 22.6 Å². The minimum Gasteiger partial charge on any atom is -0.495 e. The first-order valence-electron chi connectivity index (χ1n) is 8.91. The summed E-state index contributed by atoms with van der Waals surface area (Å²) in [6.07, 6.45) is 3.57. The summed E-state index contributed by atoms with van der Waals surface area (Å²) in [5.74, 6) is 0.146. The lowest BCUT2D eigenvalue weighted by molar-refractivity contribution is -0.577. The number of pyridine rings is 1. The fourth-order valence-electron chi connectivity index (χ4n) is 3.26. The highest BCUT2D eigenvalue weighted by molar-refractivity contribution is 6.36. The summed E-state index contributed by atoms with van der Waals surface area (Å²) in [5, 5.41) is 3.15. The normalized spacial score (nSPS) is 13.4. The van der Waals surface area contributed by atoms with Crippen LogP contribution in [0.1, 0.15) is 26.3 Å². The van der Waals surface area contributed by atoms with Crippen LogP contribution in [-0.4, -0.2) is 18.7 Å². The zero-order chi connectivity index (χ0) is 19.7. The fourth-order valence-corrected chi connectivity index (χ4v) is 3.26. The Labute approximate surface area is 162 Å². The van der Waals surface area contributed by atoms with Crippen LogP contribution in [0.4, 0.5) is 5.69 Å². The van der Waals surface area contributed by atoms with Gasteiger partial charge in [0.1, 0.15) is 5.75 Å². The topological polar surface area (TPSA) is 59.3 Å². The first kappa shape index (κ1) is 17.7. The second-order valence-corrected chi connectivity index (χ2v) is 6.54. The highest BCUT2D eigenvalue weighted by Gasteiger charge is 2.38. The van der Waals surface area contributed by atoms with Crippen LogP contribution in [0.25, 0.3) is 5.70 Å². The molecule has 0 unspecified atom stereocenters. The molecule has 0 fully saturated rings. The fraction of sp³-hybridized carbons (Fsp3) is 0.0870. The smallest absolute Gasteiger partial charge is 0.286 e. The number of benzene rings is 2. The average molecular weight is 371 g/mol. The number of aryl methyl sites for hydroxylation is 1. The van der Waals surface area contributed by atoms with Crippen molar-refractivity contribution in [3.8, 4) is 5.75 Å². The summed E-state index contributed by atoms with van der Waals surface area (Å²) in [4.78, 5) is 26.6. The molecule has 3 aromatic rings. The highest BCUT2D eigenvalue weighted by Crippen LogP contribution is 2.31. The second-order valence-electron chi connectivity index (χ2n) is 6.54. The SMILES string of the molecule is COc1ccccc1NC1=C([n+]2ccc(C)cc2)C(=O)c2ccccc2C1=O. The highest BCUT2D eigenvalue weighted by atomic mass is 16.5. The number of aromatic nitrogens is 1. The molecule has 1 aromatic heterocycles. The Balaban J connectivity index is 1.92. The van der Waals surface area contributed by atoms with E-state index in [9.17, 15) is 9.59 Å². The number of ether oxygens (including phenoxy) is 1. The summed E-state index contributed by atoms with van der Waals surface area (Å²) in [7, 11) is 1.56. The van der Waals surface area contributed by atoms with E-state index in [1.807, 2.05) is 37.3 Å². The number of hydrogen-bond donors (Lipinski definition) is 1. The van der Waals surface area contributed by atoms with Gasteiger partial charge in [-0.15, -0.1) is 0 Å². The van der Waals surface area contributed by atoms with Crippen molar-refractivity contribution in [2.45, 2.75) is 6.92 Å². The maximum Gasteiger partial charge on any atom is 0.286 e. The van der Waals surface area contributed by atoms with E-state index in [1.165, 1.54) is 0 Å². The quantitative estimate of drug-likeness (QED) is 0.711. The molecule has 1 aliphatic carbocycles. The van der Waals surface area contributed by atoms with E-state index in [-0.39, 0.29) is 23.0 Å². The van der Waals surface area contributed by atoms with Crippen molar-refractivity contribution in [1.29, 1.82) is 0 Å². The molecule has 0 aliphatic heterocycles. The van der Waals surface area contributed by atoms with Crippen LogP contribution in [0.15, 0.2) is 78.8 Å². The molecule has 0 saturated carbocycles. The number of nitrogens with one attached hydrogen (secondary N) is 1. The van der Waals surface area contributed by atoms with Gasteiger partial charge in [0.25, 0.3) is 11.5 Å². The summed E-state index contributed by atoms with van der Waals surface area (Å²) in [6.45, 7) is 1.97. The number of hydrogen-bond acceptors (Lipinski definition) is 4. The Kier molecular flexibility index (Phi) is 4.49. The second kappa shape index (κ2) is 7.12. The van der Waals surface area contributed by atoms with Crippen molar-refractivity contribution in [1.82, 2.24) is 0 Å². The first-order chi connectivity index (χ1) is 13.6. The molecule has 0 atom stereocenters. The number of carbonyl (C=O) groups is 2. The minimum absolute atomic E-state index is 0.207. The summed E-state index contributed by atoms with van der Waals surface area (Å²) in [5.41, 5.74) is 2.98. The lowest BCUT2D eigenvalue weighted by Gasteiger charge is -2.19. The number of nitrogens with zero attached hydrogens (tertiary/aromatic N) is 1. The number of fused-ring (bicyclic) bond motifs is 1. The predicted molar refractivity (Wildman–Crippen MR) is 106 cm³/mol. The van der Waals surface area contributed by atoms with Gasteiger partial charge in [0.15, 0.2) is 18.1 Å². The number of ketones is 2. The molecule has 1 aliphatic rings. The van der Waals surface area contributed by atoms with Gasteiger partial charge in [-0.05, 0) is 24.6 Å². The van der Waals surface area contributed by atoms with Gasteiger partial charge in [-0.2, -0.15) is 4.57 Å². The Hall–Kier alpha value is -3.73. The number of methoxy groups -OCH3 is 1. The van der Waals surface area contributed by atoms with E-state index in [2.05, 4.69) is 5.32 Å². The van der Waals surface area contributed by atoms with E-state index in [1.54, 1.807) is 54.4 Å². The van der Waals surface area contributed by atoms with E-state index >= 15 is 0 Å². The van der Waals surface area contributed by atoms with Crippen LogP contribution in [0.2, 0.25) is 0 Å². The Morgan fingerprint density at radius 1 is 0.821 bits per heavy atom. The number of para-hydroxylation sites is 2. The average Bonchev–Trinajstić information content (AvgIpc) is 2.73. The lowest BCUT2D eigenvalue weighted by atomic mass is 9.90. The molecular formula is C23H19N2O3+. The molecule has 0 bridgehead atoms. The number of rotatable bonds is 4. The van der Waals surface area contributed by atoms with Crippen LogP contribution >= 0.6 is 0 Å². The standard InChI is InChI=1S/C23H18N2O3/c1-15-11-13-25(14-12-15)21-20(24-18-9-5-6-10-19(18)28-2)22(26)16-7-3-4-8-17(16)23(21)27/h3-14H,1-2H3/p+1. The van der Waals surface area contributed by atoms with E-state index < -0.39 is 0 Å². The van der Waals surface area contributed by atoms with Crippen LogP contribution in [-0.2, 0) is 0 Å². The van der Waals surface area contributed by atoms with Gasteiger partial charge in [0.05, 0.1) is 12.8 Å². The van der Waals surface area contributed by atoms with Gasteiger partial charge in [0.2, 0.25) is 5.78 Å². The molecule has 0 spiro atoms. The van der Waals surface area contributed by atoms with Crippen LogP contribution in [0, 0.1) is 6.92 Å². The molecule has 1 heterocycles. The van der Waals surface area contributed by atoms with Crippen LogP contribution in [0.5, 0.6) is 5.75 Å². The summed E-state index contributed by atoms with van der Waals surface area (Å²) < 4.78 is 7.07. The molecule has 138 valence electrons. The zero-order valence-electron chi connectivity index (χ0n) is 15.6. The molecular weight excluding hydrogens is 352 g/mol. The zero-order valence-corrected chi connectivity index (χ0v) is 15.6. The third-order valence-corrected chi connectivity index (χ3v) is 4.72. The van der Waals surface area contributed by atoms with Gasteiger partial charge in [0, 0.05) is 23.3 Å². The Morgan fingerprint density at radius 2 is 1.43 bits per heavy atom. The Bertz CT molecular complexity index is 1110. The van der Waals surface area contributed by atoms with Crippen molar-refractivity contribution in [3.63, 3.8) is 0 Å². The minimum atomic E-state index is -0.232. The number of Topliss-reactive ketones (excluding diaryl/α,β-unsaturated/α-hetero) is 2. The maximum atomic E-state index is 13.3. The Morgan fingerprint density at radius 3 is 2.11 bits per heavy atom. The van der Waals surface area contributed by atoms with Gasteiger partial charge < -0.3 is 10.1 Å². The molecule has 5 nitrogen and oxygen atoms in total. The third kappa shape index (κ3) is 2.97. The van der Waals surface area contributed by atoms with E-state index in [4.69, 9.17) is 4.74 Å². The molecule has 1 N–H and O–H groups in total. The number of anilines is 1. The molecule has 4 rings (SSSR count). The van der Waals surface area contributed by atoms with Crippen LogP contribution < -0.4 is 14.6 Å². The van der Waals surface area contributed by atoms with Gasteiger partial charge >= 0.3 is 0 Å². The molecule has 0 saturated heterocycles. The maximum absolute atomic E-state index is 13.3. The van der Waals surface area contributed by atoms with E-state index in [0.717, 1.165) is 5.56 Å². The van der Waals surface area contributed by atoms with Gasteiger partial charge in [-0.3, -0.25) is 9.59 Å². The summed E-state index contributed by atoms with van der Waals surface area (Å²) >= 11 is 0. The van der Waals surface area contributed by atoms with Gasteiger partial charge in [-0.1, -0.05) is 36.4 Å². The summed E-state index contributed by atoms with van der Waals surface area (Å²) in [6, 6.07) is 18.0. The molecule has 5 heteroatoms.